The first-order valence-electron chi connectivity index (χ1n) is 9.46. The van der Waals surface area contributed by atoms with Gasteiger partial charge in [-0.25, -0.2) is 0 Å². The van der Waals surface area contributed by atoms with E-state index in [1.54, 1.807) is 17.0 Å². The molecular formula is C21H25N3O4. The van der Waals surface area contributed by atoms with E-state index in [1.165, 1.54) is 6.07 Å². The molecule has 1 unspecified atom stereocenters. The fourth-order valence-corrected chi connectivity index (χ4v) is 3.33. The predicted octanol–water partition coefficient (Wildman–Crippen LogP) is 1.73. The van der Waals surface area contributed by atoms with E-state index in [0.717, 1.165) is 18.4 Å². The van der Waals surface area contributed by atoms with E-state index in [9.17, 15) is 14.4 Å². The van der Waals surface area contributed by atoms with Crippen LogP contribution in [0.3, 0.4) is 0 Å². The molecule has 2 N–H and O–H groups in total. The number of amides is 2. The minimum Gasteiger partial charge on any atom is -0.484 e. The molecule has 1 aliphatic rings. The molecule has 2 aromatic rings. The molecule has 0 aliphatic carbocycles. The number of ether oxygens (including phenoxy) is 1. The van der Waals surface area contributed by atoms with E-state index in [0.29, 0.717) is 31.1 Å². The van der Waals surface area contributed by atoms with Gasteiger partial charge in [0.05, 0.1) is 0 Å². The number of aromatic amines is 1. The van der Waals surface area contributed by atoms with Gasteiger partial charge < -0.3 is 19.9 Å². The topological polar surface area (TPSA) is 91.5 Å². The molecule has 3 rings (SSSR count). The van der Waals surface area contributed by atoms with E-state index >= 15 is 0 Å². The van der Waals surface area contributed by atoms with Gasteiger partial charge in [-0.2, -0.15) is 0 Å². The van der Waals surface area contributed by atoms with Crippen molar-refractivity contribution < 1.29 is 14.3 Å². The number of H-pyrrole nitrogens is 1. The maximum Gasteiger partial charge on any atom is 0.270 e. The first kappa shape index (κ1) is 19.7. The average molecular weight is 383 g/mol. The highest BCUT2D eigenvalue weighted by atomic mass is 16.5. The highest BCUT2D eigenvalue weighted by molar-refractivity contribution is 5.92. The summed E-state index contributed by atoms with van der Waals surface area (Å²) in [5, 5.41) is 2.89. The number of benzene rings is 1. The Bertz CT molecular complexity index is 893. The predicted molar refractivity (Wildman–Crippen MR) is 105 cm³/mol. The van der Waals surface area contributed by atoms with Crippen molar-refractivity contribution in [3.05, 3.63) is 64.1 Å². The molecule has 1 aromatic carbocycles. The second-order valence-corrected chi connectivity index (χ2v) is 7.05. The normalized spacial score (nSPS) is 16.5. The molecule has 1 saturated heterocycles. The third-order valence-electron chi connectivity index (χ3n) is 4.85. The van der Waals surface area contributed by atoms with Crippen molar-refractivity contribution in [2.24, 2.45) is 5.92 Å². The number of carbonyl (C=O) groups excluding carboxylic acids is 2. The monoisotopic (exact) mass is 383 g/mol. The summed E-state index contributed by atoms with van der Waals surface area (Å²) in [6.45, 7) is 3.59. The standard InChI is InChI=1S/C21H25N3O4/c1-15-6-2-3-9-18(15)28-14-20(26)22-12-16-7-5-11-24(13-16)21(27)17-8-4-10-19(25)23-17/h2-4,6,8-10,16H,5,7,11-14H2,1H3,(H,22,26)(H,23,25). The lowest BCUT2D eigenvalue weighted by molar-refractivity contribution is -0.123. The number of nitrogens with one attached hydrogen (secondary N) is 2. The molecule has 2 amide bonds. The number of likely N-dealkylation sites (tertiary alicyclic amines) is 1. The van der Waals surface area contributed by atoms with Crippen molar-refractivity contribution in [1.82, 2.24) is 15.2 Å². The van der Waals surface area contributed by atoms with Crippen LogP contribution in [0.1, 0.15) is 28.9 Å². The molecule has 1 fully saturated rings. The maximum absolute atomic E-state index is 12.6. The van der Waals surface area contributed by atoms with Crippen LogP contribution in [-0.4, -0.2) is 47.9 Å². The molecular weight excluding hydrogens is 358 g/mol. The second kappa shape index (κ2) is 9.21. The van der Waals surface area contributed by atoms with Gasteiger partial charge in [-0.3, -0.25) is 14.4 Å². The number of hydrogen-bond acceptors (Lipinski definition) is 4. The minimum absolute atomic E-state index is 0.0362. The third-order valence-corrected chi connectivity index (χ3v) is 4.85. The number of para-hydroxylation sites is 1. The van der Waals surface area contributed by atoms with Crippen LogP contribution >= 0.6 is 0 Å². The van der Waals surface area contributed by atoms with Crippen molar-refractivity contribution >= 4 is 11.8 Å². The van der Waals surface area contributed by atoms with Crippen LogP contribution < -0.4 is 15.6 Å². The van der Waals surface area contributed by atoms with E-state index in [-0.39, 0.29) is 29.9 Å². The number of aryl methyl sites for hydroxylation is 1. The molecule has 148 valence electrons. The van der Waals surface area contributed by atoms with Gasteiger partial charge in [-0.1, -0.05) is 24.3 Å². The summed E-state index contributed by atoms with van der Waals surface area (Å²) in [5.41, 5.74) is 0.986. The number of hydrogen-bond donors (Lipinski definition) is 2. The number of pyridine rings is 1. The first-order chi connectivity index (χ1) is 13.5. The van der Waals surface area contributed by atoms with Crippen molar-refractivity contribution in [2.75, 3.05) is 26.2 Å². The number of nitrogens with zero attached hydrogens (tertiary/aromatic N) is 1. The van der Waals surface area contributed by atoms with Gasteiger partial charge in [0.15, 0.2) is 6.61 Å². The summed E-state index contributed by atoms with van der Waals surface area (Å²) in [4.78, 5) is 40.4. The van der Waals surface area contributed by atoms with Crippen LogP contribution in [0.4, 0.5) is 0 Å². The second-order valence-electron chi connectivity index (χ2n) is 7.05. The van der Waals surface area contributed by atoms with E-state index in [4.69, 9.17) is 4.74 Å². The Kier molecular flexibility index (Phi) is 6.47. The molecule has 0 spiro atoms. The number of piperidine rings is 1. The molecule has 1 atom stereocenters. The van der Waals surface area contributed by atoms with E-state index < -0.39 is 0 Å². The van der Waals surface area contributed by atoms with Gasteiger partial charge >= 0.3 is 0 Å². The molecule has 2 heterocycles. The first-order valence-corrected chi connectivity index (χ1v) is 9.46. The molecule has 7 nitrogen and oxygen atoms in total. The summed E-state index contributed by atoms with van der Waals surface area (Å²) < 4.78 is 5.56. The zero-order chi connectivity index (χ0) is 19.9. The van der Waals surface area contributed by atoms with Crippen LogP contribution in [0.2, 0.25) is 0 Å². The van der Waals surface area contributed by atoms with Gasteiger partial charge in [-0.05, 0) is 43.4 Å². The number of rotatable bonds is 6. The molecule has 28 heavy (non-hydrogen) atoms. The molecule has 7 heteroatoms. The Hall–Kier alpha value is -3.09. The van der Waals surface area contributed by atoms with Crippen molar-refractivity contribution in [3.8, 4) is 5.75 Å². The van der Waals surface area contributed by atoms with Crippen molar-refractivity contribution in [2.45, 2.75) is 19.8 Å². The molecule has 0 bridgehead atoms. The van der Waals surface area contributed by atoms with Gasteiger partial charge in [-0.15, -0.1) is 0 Å². The van der Waals surface area contributed by atoms with Crippen LogP contribution in [0.15, 0.2) is 47.3 Å². The van der Waals surface area contributed by atoms with Crippen LogP contribution in [0.5, 0.6) is 5.75 Å². The smallest absolute Gasteiger partial charge is 0.270 e. The lowest BCUT2D eigenvalue weighted by atomic mass is 9.97. The van der Waals surface area contributed by atoms with Gasteiger partial charge in [0.1, 0.15) is 11.4 Å². The van der Waals surface area contributed by atoms with Crippen molar-refractivity contribution in [1.29, 1.82) is 0 Å². The van der Waals surface area contributed by atoms with Crippen molar-refractivity contribution in [3.63, 3.8) is 0 Å². The summed E-state index contributed by atoms with van der Waals surface area (Å²) in [5.74, 6) is 0.509. The molecule has 1 aromatic heterocycles. The lowest BCUT2D eigenvalue weighted by Crippen LogP contribution is -2.44. The summed E-state index contributed by atoms with van der Waals surface area (Å²) >= 11 is 0. The Morgan fingerprint density at radius 3 is 2.82 bits per heavy atom. The number of carbonyl (C=O) groups is 2. The SMILES string of the molecule is Cc1ccccc1OCC(=O)NCC1CCCN(C(=O)c2cccc(=O)[nH]2)C1. The Morgan fingerprint density at radius 2 is 2.04 bits per heavy atom. The summed E-state index contributed by atoms with van der Waals surface area (Å²) in [6, 6.07) is 12.1. The zero-order valence-corrected chi connectivity index (χ0v) is 15.9. The largest absolute Gasteiger partial charge is 0.484 e. The molecule has 0 saturated carbocycles. The van der Waals surface area contributed by atoms with Crippen LogP contribution in [0.25, 0.3) is 0 Å². The third kappa shape index (κ3) is 5.22. The van der Waals surface area contributed by atoms with Crippen LogP contribution in [0, 0.1) is 12.8 Å². The fourth-order valence-electron chi connectivity index (χ4n) is 3.33. The van der Waals surface area contributed by atoms with E-state index in [1.807, 2.05) is 31.2 Å². The van der Waals surface area contributed by atoms with Crippen LogP contribution in [-0.2, 0) is 4.79 Å². The van der Waals surface area contributed by atoms with Gasteiger partial charge in [0, 0.05) is 25.7 Å². The Labute approximate surface area is 163 Å². The summed E-state index contributed by atoms with van der Waals surface area (Å²) in [7, 11) is 0. The lowest BCUT2D eigenvalue weighted by Gasteiger charge is -2.32. The Balaban J connectivity index is 1.47. The summed E-state index contributed by atoms with van der Waals surface area (Å²) in [6.07, 6.45) is 1.80. The molecule has 1 aliphatic heterocycles. The van der Waals surface area contributed by atoms with Gasteiger partial charge in [0.25, 0.3) is 11.8 Å². The van der Waals surface area contributed by atoms with E-state index in [2.05, 4.69) is 10.3 Å². The Morgan fingerprint density at radius 1 is 1.21 bits per heavy atom. The minimum atomic E-state index is -0.291. The fraction of sp³-hybridized carbons (Fsp3) is 0.381. The zero-order valence-electron chi connectivity index (χ0n) is 15.9. The maximum atomic E-state index is 12.6. The molecule has 0 radical (unpaired) electrons. The number of aromatic nitrogens is 1. The quantitative estimate of drug-likeness (QED) is 0.795. The highest BCUT2D eigenvalue weighted by Crippen LogP contribution is 2.18. The highest BCUT2D eigenvalue weighted by Gasteiger charge is 2.25. The van der Waals surface area contributed by atoms with Gasteiger partial charge in [0.2, 0.25) is 5.56 Å². The average Bonchev–Trinajstić information content (AvgIpc) is 2.71.